The van der Waals surface area contributed by atoms with E-state index >= 15 is 0 Å². The fraction of sp³-hybridized carbons (Fsp3) is 0.150. The van der Waals surface area contributed by atoms with Gasteiger partial charge in [-0.1, -0.05) is 18.2 Å². The molecule has 0 aliphatic rings. The number of aromatic nitrogens is 1. The van der Waals surface area contributed by atoms with Crippen LogP contribution in [-0.4, -0.2) is 25.0 Å². The molecule has 2 aromatic carbocycles. The van der Waals surface area contributed by atoms with Gasteiger partial charge in [0.2, 0.25) is 5.91 Å². The minimum atomic E-state index is -0.177. The predicted molar refractivity (Wildman–Crippen MR) is 102 cm³/mol. The van der Waals surface area contributed by atoms with Crippen molar-refractivity contribution in [3.8, 4) is 11.8 Å². The number of rotatable bonds is 4. The molecule has 1 amide bonds. The summed E-state index contributed by atoms with van der Waals surface area (Å²) < 4.78 is 5.31. The van der Waals surface area contributed by atoms with E-state index in [9.17, 15) is 10.1 Å². The first-order valence-electron chi connectivity index (χ1n) is 8.02. The number of benzene rings is 2. The summed E-state index contributed by atoms with van der Waals surface area (Å²) in [4.78, 5) is 17.8. The Morgan fingerprint density at radius 2 is 2.00 bits per heavy atom. The van der Waals surface area contributed by atoms with E-state index in [1.165, 1.54) is 6.92 Å². The van der Waals surface area contributed by atoms with Crippen molar-refractivity contribution in [2.45, 2.75) is 6.92 Å². The molecule has 0 bridgehead atoms. The van der Waals surface area contributed by atoms with Gasteiger partial charge in [-0.25, -0.2) is 4.98 Å². The average molecular weight is 346 g/mol. The average Bonchev–Trinajstić information content (AvgIpc) is 2.66. The second kappa shape index (κ2) is 7.11. The highest BCUT2D eigenvalue weighted by Gasteiger charge is 2.14. The van der Waals surface area contributed by atoms with Gasteiger partial charge < -0.3 is 15.0 Å². The van der Waals surface area contributed by atoms with Crippen LogP contribution in [-0.2, 0) is 4.79 Å². The maximum atomic E-state index is 11.5. The van der Waals surface area contributed by atoms with Gasteiger partial charge in [-0.15, -0.1) is 0 Å². The molecule has 0 saturated heterocycles. The van der Waals surface area contributed by atoms with Crippen LogP contribution in [0.15, 0.2) is 48.5 Å². The zero-order valence-electron chi connectivity index (χ0n) is 14.8. The molecule has 6 heteroatoms. The van der Waals surface area contributed by atoms with E-state index < -0.39 is 0 Å². The standard InChI is InChI=1S/C20H18N4O2/c1-13(25)22-18-11-15(8-9-20(18)26-3)24(2)19-10-14(12-21)23-17-7-5-4-6-16(17)19/h4-11H,1-3H3,(H,22,25). The Bertz CT molecular complexity index is 1020. The van der Waals surface area contributed by atoms with Gasteiger partial charge in [0.1, 0.15) is 17.5 Å². The number of amides is 1. The first kappa shape index (κ1) is 17.2. The van der Waals surface area contributed by atoms with Crippen molar-refractivity contribution < 1.29 is 9.53 Å². The van der Waals surface area contributed by atoms with Crippen molar-refractivity contribution in [3.63, 3.8) is 0 Å². The first-order valence-corrected chi connectivity index (χ1v) is 8.02. The monoisotopic (exact) mass is 346 g/mol. The zero-order chi connectivity index (χ0) is 18.7. The molecule has 1 N–H and O–H groups in total. The van der Waals surface area contributed by atoms with Crippen LogP contribution in [0.2, 0.25) is 0 Å². The summed E-state index contributed by atoms with van der Waals surface area (Å²) in [7, 11) is 3.46. The van der Waals surface area contributed by atoms with Crippen molar-refractivity contribution in [2.75, 3.05) is 24.4 Å². The summed E-state index contributed by atoms with van der Waals surface area (Å²) in [6.45, 7) is 1.45. The highest BCUT2D eigenvalue weighted by molar-refractivity contribution is 5.95. The number of methoxy groups -OCH3 is 1. The summed E-state index contributed by atoms with van der Waals surface area (Å²) in [5.74, 6) is 0.402. The van der Waals surface area contributed by atoms with Crippen LogP contribution in [0.1, 0.15) is 12.6 Å². The molecule has 0 aliphatic heterocycles. The fourth-order valence-electron chi connectivity index (χ4n) is 2.82. The first-order chi connectivity index (χ1) is 12.5. The number of hydrogen-bond donors (Lipinski definition) is 1. The Morgan fingerprint density at radius 3 is 2.69 bits per heavy atom. The molecule has 0 aliphatic carbocycles. The number of pyridine rings is 1. The van der Waals surface area contributed by atoms with Gasteiger partial charge in [-0.3, -0.25) is 4.79 Å². The van der Waals surface area contributed by atoms with Crippen LogP contribution < -0.4 is 15.0 Å². The molecule has 1 heterocycles. The minimum Gasteiger partial charge on any atom is -0.495 e. The Balaban J connectivity index is 2.13. The van der Waals surface area contributed by atoms with Crippen molar-refractivity contribution in [1.82, 2.24) is 4.98 Å². The molecule has 3 aromatic rings. The van der Waals surface area contributed by atoms with Crippen molar-refractivity contribution >= 4 is 33.9 Å². The normalized spacial score (nSPS) is 10.2. The minimum absolute atomic E-state index is 0.177. The van der Waals surface area contributed by atoms with E-state index in [0.717, 1.165) is 22.3 Å². The summed E-state index contributed by atoms with van der Waals surface area (Å²) in [5, 5.41) is 13.0. The molecule has 0 atom stereocenters. The lowest BCUT2D eigenvalue weighted by Gasteiger charge is -2.23. The van der Waals surface area contributed by atoms with Crippen molar-refractivity contribution in [2.24, 2.45) is 0 Å². The Hall–Kier alpha value is -3.59. The lowest BCUT2D eigenvalue weighted by Crippen LogP contribution is -2.13. The molecule has 0 spiro atoms. The van der Waals surface area contributed by atoms with E-state index in [1.807, 2.05) is 48.3 Å². The Kier molecular flexibility index (Phi) is 4.72. The number of para-hydroxylation sites is 1. The van der Waals surface area contributed by atoms with Crippen LogP contribution >= 0.6 is 0 Å². The van der Waals surface area contributed by atoms with E-state index in [4.69, 9.17) is 4.74 Å². The summed E-state index contributed by atoms with van der Waals surface area (Å²) in [6.07, 6.45) is 0. The number of nitrogens with zero attached hydrogens (tertiary/aromatic N) is 3. The zero-order valence-corrected chi connectivity index (χ0v) is 14.8. The van der Waals surface area contributed by atoms with Crippen LogP contribution in [0.3, 0.4) is 0 Å². The smallest absolute Gasteiger partial charge is 0.221 e. The Morgan fingerprint density at radius 1 is 1.23 bits per heavy atom. The van der Waals surface area contributed by atoms with Crippen LogP contribution in [0.25, 0.3) is 10.9 Å². The number of hydrogen-bond acceptors (Lipinski definition) is 5. The van der Waals surface area contributed by atoms with E-state index in [1.54, 1.807) is 19.2 Å². The number of carbonyl (C=O) groups excluding carboxylic acids is 1. The predicted octanol–water partition coefficient (Wildman–Crippen LogP) is 3.84. The number of nitriles is 1. The van der Waals surface area contributed by atoms with E-state index in [2.05, 4.69) is 16.4 Å². The van der Waals surface area contributed by atoms with Gasteiger partial charge in [0.05, 0.1) is 24.0 Å². The number of fused-ring (bicyclic) bond motifs is 1. The summed E-state index contributed by atoms with van der Waals surface area (Å²) >= 11 is 0. The molecule has 0 unspecified atom stereocenters. The third-order valence-electron chi connectivity index (χ3n) is 4.05. The molecule has 130 valence electrons. The SMILES string of the molecule is COc1ccc(N(C)c2cc(C#N)nc3ccccc23)cc1NC(C)=O. The highest BCUT2D eigenvalue weighted by atomic mass is 16.5. The second-order valence-corrected chi connectivity index (χ2v) is 5.78. The lowest BCUT2D eigenvalue weighted by molar-refractivity contribution is -0.114. The highest BCUT2D eigenvalue weighted by Crippen LogP contribution is 2.35. The number of nitrogens with one attached hydrogen (secondary N) is 1. The van der Waals surface area contributed by atoms with Crippen LogP contribution in [0.4, 0.5) is 17.1 Å². The van der Waals surface area contributed by atoms with Gasteiger partial charge >= 0.3 is 0 Å². The van der Waals surface area contributed by atoms with E-state index in [0.29, 0.717) is 17.1 Å². The quantitative estimate of drug-likeness (QED) is 0.776. The van der Waals surface area contributed by atoms with Gasteiger partial charge in [0.25, 0.3) is 0 Å². The molecule has 3 rings (SSSR count). The second-order valence-electron chi connectivity index (χ2n) is 5.78. The van der Waals surface area contributed by atoms with Gasteiger partial charge in [-0.05, 0) is 30.3 Å². The van der Waals surface area contributed by atoms with Crippen LogP contribution in [0.5, 0.6) is 5.75 Å². The summed E-state index contributed by atoms with van der Waals surface area (Å²) in [5.41, 5.74) is 3.38. The maximum absolute atomic E-state index is 11.5. The molecular formula is C20H18N4O2. The molecule has 6 nitrogen and oxygen atoms in total. The van der Waals surface area contributed by atoms with E-state index in [-0.39, 0.29) is 5.91 Å². The summed E-state index contributed by atoms with van der Waals surface area (Å²) in [6, 6.07) is 17.1. The molecule has 0 saturated carbocycles. The molecule has 26 heavy (non-hydrogen) atoms. The number of carbonyl (C=O) groups is 1. The largest absolute Gasteiger partial charge is 0.495 e. The van der Waals surface area contributed by atoms with Gasteiger partial charge in [-0.2, -0.15) is 5.26 Å². The molecule has 0 radical (unpaired) electrons. The van der Waals surface area contributed by atoms with Gasteiger partial charge in [0, 0.05) is 25.0 Å². The van der Waals surface area contributed by atoms with Gasteiger partial charge in [0.15, 0.2) is 0 Å². The number of anilines is 3. The lowest BCUT2D eigenvalue weighted by atomic mass is 10.1. The van der Waals surface area contributed by atoms with Crippen molar-refractivity contribution in [3.05, 3.63) is 54.2 Å². The number of ether oxygens (including phenoxy) is 1. The molecule has 0 fully saturated rings. The fourth-order valence-corrected chi connectivity index (χ4v) is 2.82. The Labute approximate surface area is 151 Å². The maximum Gasteiger partial charge on any atom is 0.221 e. The molecular weight excluding hydrogens is 328 g/mol. The third kappa shape index (κ3) is 3.28. The third-order valence-corrected chi connectivity index (χ3v) is 4.05. The van der Waals surface area contributed by atoms with Crippen LogP contribution in [0, 0.1) is 11.3 Å². The molecule has 1 aromatic heterocycles. The van der Waals surface area contributed by atoms with Crippen molar-refractivity contribution in [1.29, 1.82) is 5.26 Å². The topological polar surface area (TPSA) is 78.2 Å².